The van der Waals surface area contributed by atoms with Crippen molar-refractivity contribution in [3.8, 4) is 0 Å². The van der Waals surface area contributed by atoms with Gasteiger partial charge >= 0.3 is 11.9 Å². The van der Waals surface area contributed by atoms with Crippen molar-refractivity contribution in [1.82, 2.24) is 4.90 Å². The maximum atomic E-state index is 12.8. The minimum atomic E-state index is -2.46. The van der Waals surface area contributed by atoms with E-state index in [4.69, 9.17) is 23.7 Å². The molecule has 4 rings (SSSR count). The Morgan fingerprint density at radius 2 is 1.25 bits per heavy atom. The van der Waals surface area contributed by atoms with Crippen LogP contribution in [0, 0.1) is 17.8 Å². The number of hydrogen-bond donors (Lipinski definition) is 15. The Hall–Kier alpha value is -3.64. The lowest BCUT2D eigenvalue weighted by molar-refractivity contribution is -0.336. The molecule has 23 heteroatoms. The van der Waals surface area contributed by atoms with Crippen LogP contribution in [0.1, 0.15) is 92.4 Å². The van der Waals surface area contributed by atoms with Gasteiger partial charge in [-0.2, -0.15) is 0 Å². The first kappa shape index (κ1) is 67.9. The minimum Gasteiger partial charge on any atom is -0.481 e. The topological polar surface area (TPSA) is 387 Å². The zero-order valence-corrected chi connectivity index (χ0v) is 45.7. The lowest BCUT2D eigenvalue weighted by Crippen LogP contribution is -2.69. The van der Waals surface area contributed by atoms with Crippen molar-refractivity contribution >= 4 is 11.9 Å². The highest BCUT2D eigenvalue weighted by atomic mass is 16.7. The van der Waals surface area contributed by atoms with E-state index in [-0.39, 0.29) is 31.7 Å². The van der Waals surface area contributed by atoms with E-state index in [0.29, 0.717) is 6.42 Å². The molecule has 4 aliphatic heterocycles. The predicted octanol–water partition coefficient (Wildman–Crippen LogP) is -0.733. The van der Waals surface area contributed by atoms with Crippen molar-refractivity contribution in [3.05, 3.63) is 85.1 Å². The number of allylic oxidation sites excluding steroid dienone is 12. The fraction of sp³-hybridized carbons (Fsp3) is 0.714. The number of fused-ring (bicyclic) bond motifs is 2. The Morgan fingerprint density at radius 3 is 1.85 bits per heavy atom. The van der Waals surface area contributed by atoms with E-state index in [1.54, 1.807) is 93.7 Å². The molecule has 0 radical (unpaired) electrons. The number of carboxylic acid groups (broad SMARTS) is 1. The molecule has 0 aromatic carbocycles. The number of aliphatic hydroxyl groups excluding tert-OH is 12. The van der Waals surface area contributed by atoms with Crippen LogP contribution in [-0.2, 0) is 33.3 Å². The number of hydrogen-bond acceptors (Lipinski definition) is 22. The van der Waals surface area contributed by atoms with E-state index in [2.05, 4.69) is 0 Å². The molecule has 450 valence electrons. The van der Waals surface area contributed by atoms with Crippen LogP contribution in [0.3, 0.4) is 0 Å². The van der Waals surface area contributed by atoms with Crippen molar-refractivity contribution in [2.45, 2.75) is 214 Å². The molecule has 0 aliphatic carbocycles. The number of aliphatic carboxylic acids is 1. The van der Waals surface area contributed by atoms with Gasteiger partial charge in [-0.1, -0.05) is 106 Å². The third-order valence-corrected chi connectivity index (χ3v) is 15.0. The second kappa shape index (κ2) is 32.3. The molecule has 0 unspecified atom stereocenters. The van der Waals surface area contributed by atoms with E-state index in [9.17, 15) is 86.2 Å². The number of esters is 1. The van der Waals surface area contributed by atoms with E-state index in [1.165, 1.54) is 24.0 Å². The summed E-state index contributed by atoms with van der Waals surface area (Å²) in [4.78, 5) is 26.9. The van der Waals surface area contributed by atoms with Gasteiger partial charge in [0.25, 0.3) is 0 Å². The lowest BCUT2D eigenvalue weighted by atomic mass is 9.82. The lowest BCUT2D eigenvalue weighted by Gasteiger charge is -2.50. The van der Waals surface area contributed by atoms with Crippen LogP contribution in [0.2, 0.25) is 0 Å². The summed E-state index contributed by atoms with van der Waals surface area (Å²) < 4.78 is 29.3. The van der Waals surface area contributed by atoms with Crippen molar-refractivity contribution in [2.24, 2.45) is 17.8 Å². The predicted molar refractivity (Wildman–Crippen MR) is 284 cm³/mol. The molecule has 0 spiro atoms. The summed E-state index contributed by atoms with van der Waals surface area (Å²) in [5, 5.41) is 165. The second-order valence-corrected chi connectivity index (χ2v) is 21.6. The van der Waals surface area contributed by atoms with Gasteiger partial charge in [-0.25, -0.2) is 0 Å². The van der Waals surface area contributed by atoms with Gasteiger partial charge in [0.1, 0.15) is 36.4 Å². The Kier molecular flexibility index (Phi) is 27.7. The SMILES string of the molecule is CCCN(C[C@@]1(O)OC[C@@H](O)[C@@H](O)[C@@H]1O)[C@@H]1[C@H](O)[C@H](O[C@H]2/C=C/C=C/C=C/C=C/C=C/C=C/C=C/[C@H](C)[C@@H](O)[C@@H](C)[C@H](C)OC(=O)C[C@H](O)C[C@H](O)CC[C@@H](O)[C@H](O)C[C@H](O)C[C@]3(O)C[C@H](O)[C@@H](C(=O)O)[C@H](C2)O3)O[C@@H](C)[C@H]1O. The molecule has 0 aromatic heterocycles. The van der Waals surface area contributed by atoms with Gasteiger partial charge in [0.15, 0.2) is 12.1 Å². The fourth-order valence-electron chi connectivity index (χ4n) is 10.3. The van der Waals surface area contributed by atoms with Crippen molar-refractivity contribution in [1.29, 1.82) is 0 Å². The zero-order valence-electron chi connectivity index (χ0n) is 45.7. The van der Waals surface area contributed by atoms with Gasteiger partial charge < -0.3 is 100 Å². The van der Waals surface area contributed by atoms with Crippen LogP contribution < -0.4 is 0 Å². The standard InChI is InChI=1S/C56H89NO22/c1-6-23-57(31-56(74)52(70)50(68)43(64)30-75-56)47-49(67)35(5)77-54(51(47)69)78-39-20-18-16-14-12-10-8-7-9-11-13-15-17-19-32(2)48(66)33(3)34(4)76-45(65)26-37(59)24-36(58)21-22-40(61)41(62)25-38(60)28-55(73)29-42(63)46(53(71)72)44(27-39)79-55/h7-20,32-44,46-52,54,58-64,66-70,73-74H,6,21-31H2,1-5H3,(H,71,72)/b8-7+,11-9+,12-10+,15-13+,16-14+,19-17+,20-18+/t32-,33-,34-,35-,36+,37+,38-,39-,40+,41+,42-,43+,44-,46+,47-,48+,49+,50+,51-,52-,54-,55+,56+/m0/s1. The maximum absolute atomic E-state index is 12.8. The average Bonchev–Trinajstić information content (AvgIpc) is 3.37. The molecule has 79 heavy (non-hydrogen) atoms. The van der Waals surface area contributed by atoms with Crippen LogP contribution in [-0.4, -0.2) is 235 Å². The molecule has 0 saturated carbocycles. The van der Waals surface area contributed by atoms with Crippen molar-refractivity contribution in [3.63, 3.8) is 0 Å². The van der Waals surface area contributed by atoms with Crippen molar-refractivity contribution < 1.29 is 110 Å². The van der Waals surface area contributed by atoms with Gasteiger partial charge in [0, 0.05) is 37.5 Å². The number of carboxylic acids is 1. The summed E-state index contributed by atoms with van der Waals surface area (Å²) in [5.41, 5.74) is 0. The van der Waals surface area contributed by atoms with Crippen molar-refractivity contribution in [2.75, 3.05) is 19.7 Å². The number of nitrogens with zero attached hydrogens (tertiary/aromatic N) is 1. The smallest absolute Gasteiger partial charge is 0.311 e. The third-order valence-electron chi connectivity index (χ3n) is 15.0. The summed E-state index contributed by atoms with van der Waals surface area (Å²) in [6.07, 6.45) is -3.89. The summed E-state index contributed by atoms with van der Waals surface area (Å²) in [7, 11) is 0. The first-order chi connectivity index (χ1) is 37.2. The Morgan fingerprint density at radius 1 is 0.658 bits per heavy atom. The molecule has 4 aliphatic rings. The average molecular weight is 1130 g/mol. The molecule has 0 amide bonds. The second-order valence-electron chi connectivity index (χ2n) is 21.6. The molecule has 23 nitrogen and oxygen atoms in total. The quantitative estimate of drug-likeness (QED) is 0.133. The van der Waals surface area contributed by atoms with Crippen LogP contribution in [0.4, 0.5) is 0 Å². The number of cyclic esters (lactones) is 1. The molecular weight excluding hydrogens is 1040 g/mol. The molecule has 23 atom stereocenters. The summed E-state index contributed by atoms with van der Waals surface area (Å²) in [6, 6.07) is -1.29. The highest BCUT2D eigenvalue weighted by Crippen LogP contribution is 2.39. The molecule has 3 fully saturated rings. The molecule has 0 aromatic rings. The monoisotopic (exact) mass is 1130 g/mol. The summed E-state index contributed by atoms with van der Waals surface area (Å²) in [6.45, 7) is 7.41. The van der Waals surface area contributed by atoms with Gasteiger partial charge in [0.2, 0.25) is 5.79 Å². The van der Waals surface area contributed by atoms with E-state index >= 15 is 0 Å². The van der Waals surface area contributed by atoms with Gasteiger partial charge in [-0.3, -0.25) is 14.5 Å². The fourth-order valence-corrected chi connectivity index (χ4v) is 10.3. The van der Waals surface area contributed by atoms with Crippen LogP contribution >= 0.6 is 0 Å². The van der Waals surface area contributed by atoms with Gasteiger partial charge in [0.05, 0.1) is 92.8 Å². The zero-order chi connectivity index (χ0) is 58.8. The van der Waals surface area contributed by atoms with Crippen LogP contribution in [0.15, 0.2) is 85.1 Å². The van der Waals surface area contributed by atoms with Gasteiger partial charge in [-0.05, 0) is 46.1 Å². The van der Waals surface area contributed by atoms with E-state index in [0.717, 1.165) is 0 Å². The van der Waals surface area contributed by atoms with Crippen LogP contribution in [0.25, 0.3) is 0 Å². The van der Waals surface area contributed by atoms with E-state index in [1.807, 2.05) is 6.92 Å². The highest BCUT2D eigenvalue weighted by molar-refractivity contribution is 5.71. The molecule has 2 bridgehead atoms. The number of carbonyl (C=O) groups is 2. The first-order valence-electron chi connectivity index (χ1n) is 27.3. The summed E-state index contributed by atoms with van der Waals surface area (Å²) in [5.74, 6) is -9.64. The van der Waals surface area contributed by atoms with Gasteiger partial charge in [-0.15, -0.1) is 0 Å². The third kappa shape index (κ3) is 20.6. The largest absolute Gasteiger partial charge is 0.481 e. The Labute approximate surface area is 462 Å². The Balaban J connectivity index is 1.64. The summed E-state index contributed by atoms with van der Waals surface area (Å²) >= 11 is 0. The van der Waals surface area contributed by atoms with Crippen LogP contribution in [0.5, 0.6) is 0 Å². The molecule has 3 saturated heterocycles. The minimum absolute atomic E-state index is 0.0884. The number of carbonyl (C=O) groups excluding carboxylic acids is 1. The molecule has 15 N–H and O–H groups in total. The number of rotatable bonds is 8. The normalized spacial score (nSPS) is 45.5. The molecular formula is C56H89NO22. The number of ether oxygens (including phenoxy) is 5. The Bertz CT molecular complexity index is 2070. The highest BCUT2D eigenvalue weighted by Gasteiger charge is 2.54. The number of aliphatic hydroxyl groups is 14. The maximum Gasteiger partial charge on any atom is 0.311 e. The molecule has 4 heterocycles. The van der Waals surface area contributed by atoms with E-state index < -0.39 is 191 Å². The first-order valence-corrected chi connectivity index (χ1v) is 27.3.